The molecule has 106 valence electrons. The van der Waals surface area contributed by atoms with Crippen molar-refractivity contribution in [3.05, 3.63) is 54.1 Å². The predicted molar refractivity (Wildman–Crippen MR) is 75.0 cm³/mol. The first-order chi connectivity index (χ1) is 9.70. The zero-order chi connectivity index (χ0) is 14.4. The van der Waals surface area contributed by atoms with Gasteiger partial charge in [-0.15, -0.1) is 0 Å². The molecule has 0 bridgehead atoms. The van der Waals surface area contributed by atoms with Crippen molar-refractivity contribution in [2.75, 3.05) is 13.1 Å². The molecule has 0 aliphatic heterocycles. The molecular formula is C14H18N4O2. The van der Waals surface area contributed by atoms with Crippen LogP contribution in [0.3, 0.4) is 0 Å². The Bertz CT molecular complexity index is 553. The molecule has 1 unspecified atom stereocenters. The number of nitrogens with zero attached hydrogens (tertiary/aromatic N) is 2. The van der Waals surface area contributed by atoms with Crippen LogP contribution in [0.4, 0.5) is 0 Å². The first kappa shape index (κ1) is 14.2. The second-order valence-electron chi connectivity index (χ2n) is 4.42. The molecule has 0 spiro atoms. The number of rotatable bonds is 6. The molecule has 20 heavy (non-hydrogen) atoms. The van der Waals surface area contributed by atoms with Gasteiger partial charge in [-0.2, -0.15) is 0 Å². The Labute approximate surface area is 117 Å². The summed E-state index contributed by atoms with van der Waals surface area (Å²) < 4.78 is 1.75. The Morgan fingerprint density at radius 2 is 2.15 bits per heavy atom. The fourth-order valence-electron chi connectivity index (χ4n) is 1.82. The summed E-state index contributed by atoms with van der Waals surface area (Å²) in [6, 6.07) is 9.18. The van der Waals surface area contributed by atoms with E-state index >= 15 is 0 Å². The number of nitrogens with two attached hydrogens (primary N) is 1. The summed E-state index contributed by atoms with van der Waals surface area (Å²) in [5, 5.41) is 12.6. The van der Waals surface area contributed by atoms with Crippen molar-refractivity contribution >= 4 is 5.91 Å². The lowest BCUT2D eigenvalue weighted by Gasteiger charge is -2.11. The van der Waals surface area contributed by atoms with Crippen LogP contribution in [-0.4, -0.2) is 33.7 Å². The molecule has 0 saturated carbocycles. The highest BCUT2D eigenvalue weighted by Crippen LogP contribution is 2.10. The normalized spacial score (nSPS) is 12.1. The second kappa shape index (κ2) is 6.83. The van der Waals surface area contributed by atoms with Crippen LogP contribution in [0.1, 0.15) is 22.2 Å². The number of nitrogens with one attached hydrogen (secondary N) is 1. The van der Waals surface area contributed by atoms with Gasteiger partial charge in [-0.3, -0.25) is 4.79 Å². The number of carbonyl (C=O) groups is 1. The molecule has 0 fully saturated rings. The third-order valence-corrected chi connectivity index (χ3v) is 2.89. The Morgan fingerprint density at radius 1 is 1.40 bits per heavy atom. The van der Waals surface area contributed by atoms with Gasteiger partial charge in [-0.25, -0.2) is 4.98 Å². The second-order valence-corrected chi connectivity index (χ2v) is 4.42. The summed E-state index contributed by atoms with van der Waals surface area (Å²) in [6.07, 6.45) is 2.47. The molecule has 1 heterocycles. The van der Waals surface area contributed by atoms with Crippen LogP contribution in [0.2, 0.25) is 0 Å². The molecule has 1 aromatic heterocycles. The molecular weight excluding hydrogens is 256 g/mol. The molecule has 0 saturated heterocycles. The van der Waals surface area contributed by atoms with Gasteiger partial charge >= 0.3 is 0 Å². The Hall–Kier alpha value is -2.18. The number of amides is 1. The first-order valence-electron chi connectivity index (χ1n) is 6.43. The van der Waals surface area contributed by atoms with E-state index in [1.54, 1.807) is 17.1 Å². The summed E-state index contributed by atoms with van der Waals surface area (Å²) in [6.45, 7) is 1.25. The molecule has 1 atom stereocenters. The smallest absolute Gasteiger partial charge is 0.271 e. The van der Waals surface area contributed by atoms with Crippen LogP contribution in [0.15, 0.2) is 42.9 Å². The average Bonchev–Trinajstić information content (AvgIpc) is 2.94. The fraction of sp³-hybridized carbons (Fsp3) is 0.286. The van der Waals surface area contributed by atoms with Crippen molar-refractivity contribution in [2.24, 2.45) is 5.73 Å². The summed E-state index contributed by atoms with van der Waals surface area (Å²) in [7, 11) is 0. The van der Waals surface area contributed by atoms with E-state index in [4.69, 9.17) is 5.73 Å². The number of carbonyl (C=O) groups excluding carboxylic acids is 1. The summed E-state index contributed by atoms with van der Waals surface area (Å²) in [5.74, 6) is -0.309. The lowest BCUT2D eigenvalue weighted by Crippen LogP contribution is -2.28. The Balaban J connectivity index is 1.88. The van der Waals surface area contributed by atoms with E-state index in [1.165, 1.54) is 0 Å². The minimum absolute atomic E-state index is 0.145. The van der Waals surface area contributed by atoms with Crippen molar-refractivity contribution in [3.63, 3.8) is 0 Å². The van der Waals surface area contributed by atoms with Crippen LogP contribution in [-0.2, 0) is 6.54 Å². The molecule has 0 aliphatic rings. The molecule has 6 nitrogen and oxygen atoms in total. The van der Waals surface area contributed by atoms with Gasteiger partial charge in [0.1, 0.15) is 5.69 Å². The summed E-state index contributed by atoms with van der Waals surface area (Å²) in [5.41, 5.74) is 6.51. The molecule has 0 radical (unpaired) electrons. The van der Waals surface area contributed by atoms with Crippen LogP contribution in [0, 0.1) is 0 Å². The SMILES string of the molecule is NCCn1cnc(C(=O)NCC(O)c2ccccc2)c1. The first-order valence-corrected chi connectivity index (χ1v) is 6.43. The van der Waals surface area contributed by atoms with Crippen LogP contribution in [0.5, 0.6) is 0 Å². The topological polar surface area (TPSA) is 93.2 Å². The van der Waals surface area contributed by atoms with Gasteiger partial charge in [0.05, 0.1) is 12.4 Å². The van der Waals surface area contributed by atoms with Crippen molar-refractivity contribution in [1.82, 2.24) is 14.9 Å². The number of aliphatic hydroxyl groups is 1. The predicted octanol–water partition coefficient (Wildman–Crippen LogP) is 0.305. The van der Waals surface area contributed by atoms with Gasteiger partial charge in [0.2, 0.25) is 0 Å². The monoisotopic (exact) mass is 274 g/mol. The van der Waals surface area contributed by atoms with E-state index in [1.807, 2.05) is 30.3 Å². The standard InChI is InChI=1S/C14H18N4O2/c15-6-7-18-9-12(17-10-18)14(20)16-8-13(19)11-4-2-1-3-5-11/h1-5,9-10,13,19H,6-8,15H2,(H,16,20). The highest BCUT2D eigenvalue weighted by atomic mass is 16.3. The van der Waals surface area contributed by atoms with E-state index in [0.717, 1.165) is 5.56 Å². The maximum absolute atomic E-state index is 11.9. The molecule has 1 amide bonds. The fourth-order valence-corrected chi connectivity index (χ4v) is 1.82. The third kappa shape index (κ3) is 3.66. The van der Waals surface area contributed by atoms with Crippen molar-refractivity contribution in [1.29, 1.82) is 0 Å². The Morgan fingerprint density at radius 3 is 2.85 bits per heavy atom. The zero-order valence-electron chi connectivity index (χ0n) is 11.1. The van der Waals surface area contributed by atoms with E-state index in [0.29, 0.717) is 18.8 Å². The van der Waals surface area contributed by atoms with Crippen molar-refractivity contribution in [3.8, 4) is 0 Å². The minimum atomic E-state index is -0.730. The van der Waals surface area contributed by atoms with Gasteiger partial charge in [-0.05, 0) is 5.56 Å². The maximum Gasteiger partial charge on any atom is 0.271 e. The third-order valence-electron chi connectivity index (χ3n) is 2.89. The van der Waals surface area contributed by atoms with Crippen molar-refractivity contribution in [2.45, 2.75) is 12.6 Å². The molecule has 2 aromatic rings. The number of benzene rings is 1. The number of imidazole rings is 1. The van der Waals surface area contributed by atoms with Crippen LogP contribution in [0.25, 0.3) is 0 Å². The van der Waals surface area contributed by atoms with Gasteiger partial charge < -0.3 is 20.7 Å². The van der Waals surface area contributed by atoms with E-state index in [-0.39, 0.29) is 12.5 Å². The number of aromatic nitrogens is 2. The lowest BCUT2D eigenvalue weighted by atomic mass is 10.1. The lowest BCUT2D eigenvalue weighted by molar-refractivity contribution is 0.0911. The maximum atomic E-state index is 11.9. The minimum Gasteiger partial charge on any atom is -0.387 e. The number of hydrogen-bond acceptors (Lipinski definition) is 4. The van der Waals surface area contributed by atoms with Crippen LogP contribution >= 0.6 is 0 Å². The highest BCUT2D eigenvalue weighted by Gasteiger charge is 2.12. The van der Waals surface area contributed by atoms with E-state index < -0.39 is 6.10 Å². The molecule has 2 rings (SSSR count). The van der Waals surface area contributed by atoms with Gasteiger partial charge in [0, 0.05) is 25.8 Å². The van der Waals surface area contributed by atoms with Crippen molar-refractivity contribution < 1.29 is 9.90 Å². The van der Waals surface area contributed by atoms with Crippen LogP contribution < -0.4 is 11.1 Å². The molecule has 0 aliphatic carbocycles. The zero-order valence-corrected chi connectivity index (χ0v) is 11.1. The Kier molecular flexibility index (Phi) is 4.86. The molecule has 1 aromatic carbocycles. The largest absolute Gasteiger partial charge is 0.387 e. The molecule has 6 heteroatoms. The summed E-state index contributed by atoms with van der Waals surface area (Å²) >= 11 is 0. The number of aliphatic hydroxyl groups excluding tert-OH is 1. The summed E-state index contributed by atoms with van der Waals surface area (Å²) in [4.78, 5) is 15.9. The molecule has 4 N–H and O–H groups in total. The van der Waals surface area contributed by atoms with E-state index in [9.17, 15) is 9.90 Å². The quantitative estimate of drug-likeness (QED) is 0.706. The van der Waals surface area contributed by atoms with Gasteiger partial charge in [-0.1, -0.05) is 30.3 Å². The average molecular weight is 274 g/mol. The van der Waals surface area contributed by atoms with Gasteiger partial charge in [0.25, 0.3) is 5.91 Å². The van der Waals surface area contributed by atoms with Gasteiger partial charge in [0.15, 0.2) is 0 Å². The number of hydrogen-bond donors (Lipinski definition) is 3. The highest BCUT2D eigenvalue weighted by molar-refractivity contribution is 5.92. The van der Waals surface area contributed by atoms with E-state index in [2.05, 4.69) is 10.3 Å².